The molecular formula is C27H13BrF13N3O2. The van der Waals surface area contributed by atoms with Crippen molar-refractivity contribution in [3.8, 4) is 6.07 Å². The Bertz CT molecular complexity index is 1710. The number of nitrogens with one attached hydrogen (secondary N) is 1. The molecule has 0 bridgehead atoms. The topological polar surface area (TPSA) is 73.2 Å². The number of anilines is 2. The lowest BCUT2D eigenvalue weighted by molar-refractivity contribution is -0.389. The molecule has 1 unspecified atom stereocenters. The summed E-state index contributed by atoms with van der Waals surface area (Å²) in [7, 11) is 1.04. The third kappa shape index (κ3) is 6.34. The minimum Gasteiger partial charge on any atom is -0.320 e. The van der Waals surface area contributed by atoms with Crippen LogP contribution in [0.15, 0.2) is 59.1 Å². The number of nitrogens with zero attached hydrogens (tertiary/aromatic N) is 2. The molecule has 2 amide bonds. The van der Waals surface area contributed by atoms with Gasteiger partial charge in [-0.25, -0.2) is 8.78 Å². The van der Waals surface area contributed by atoms with Crippen molar-refractivity contribution in [2.75, 3.05) is 17.3 Å². The van der Waals surface area contributed by atoms with E-state index in [0.29, 0.717) is 11.0 Å². The van der Waals surface area contributed by atoms with E-state index in [9.17, 15) is 62.3 Å². The highest BCUT2D eigenvalue weighted by Crippen LogP contribution is 2.59. The molecule has 0 aliphatic heterocycles. The lowest BCUT2D eigenvalue weighted by Crippen LogP contribution is -2.59. The molecule has 3 aromatic carbocycles. The molecule has 0 heterocycles. The highest BCUT2D eigenvalue weighted by atomic mass is 79.9. The predicted molar refractivity (Wildman–Crippen MR) is 137 cm³/mol. The van der Waals surface area contributed by atoms with Gasteiger partial charge in [0.05, 0.1) is 34.1 Å². The fraction of sp³-hybridized carbons (Fsp3) is 0.222. The van der Waals surface area contributed by atoms with Crippen LogP contribution in [0.4, 0.5) is 68.5 Å². The second-order valence-electron chi connectivity index (χ2n) is 9.25. The van der Waals surface area contributed by atoms with Gasteiger partial charge in [0.15, 0.2) is 5.82 Å². The summed E-state index contributed by atoms with van der Waals surface area (Å²) in [5.41, 5.74) is -15.3. The molecule has 0 saturated heterocycles. The number of halogens is 14. The highest BCUT2D eigenvalue weighted by molar-refractivity contribution is 9.10. The molecule has 46 heavy (non-hydrogen) atoms. The van der Waals surface area contributed by atoms with Gasteiger partial charge in [-0.05, 0) is 64.5 Å². The number of carbonyl (C=O) groups excluding carboxylic acids is 2. The smallest absolute Gasteiger partial charge is 0.320 e. The summed E-state index contributed by atoms with van der Waals surface area (Å²) in [6, 6.07) is 7.90. The normalized spacial score (nSPS) is 13.9. The van der Waals surface area contributed by atoms with Crippen LogP contribution in [0.3, 0.4) is 0 Å². The predicted octanol–water partition coefficient (Wildman–Crippen LogP) is 8.93. The van der Waals surface area contributed by atoms with Gasteiger partial charge in [-0.15, -0.1) is 0 Å². The number of carbonyl (C=O) groups is 2. The second-order valence-corrected chi connectivity index (χ2v) is 10.1. The molecule has 1 atom stereocenters. The number of amides is 2. The lowest BCUT2D eigenvalue weighted by Gasteiger charge is -2.36. The minimum atomic E-state index is -7.30. The number of hydrogen-bond acceptors (Lipinski definition) is 3. The maximum atomic E-state index is 15.4. The molecule has 0 aliphatic carbocycles. The van der Waals surface area contributed by atoms with Crippen LogP contribution >= 0.6 is 15.9 Å². The molecule has 1 N–H and O–H groups in total. The van der Waals surface area contributed by atoms with Crippen molar-refractivity contribution in [2.24, 2.45) is 0 Å². The summed E-state index contributed by atoms with van der Waals surface area (Å²) in [6.45, 7) is 0. The molecule has 0 spiro atoms. The van der Waals surface area contributed by atoms with Gasteiger partial charge in [-0.3, -0.25) is 9.59 Å². The number of hydrogen-bond donors (Lipinski definition) is 1. The van der Waals surface area contributed by atoms with Gasteiger partial charge in [0.25, 0.3) is 11.8 Å². The summed E-state index contributed by atoms with van der Waals surface area (Å²) in [4.78, 5) is 26.4. The number of nitriles is 1. The van der Waals surface area contributed by atoms with Crippen LogP contribution in [-0.4, -0.2) is 37.1 Å². The van der Waals surface area contributed by atoms with E-state index in [-0.39, 0.29) is 11.1 Å². The molecule has 0 saturated carbocycles. The quantitative estimate of drug-likeness (QED) is 0.257. The first-order chi connectivity index (χ1) is 20.9. The van der Waals surface area contributed by atoms with Gasteiger partial charge in [0.1, 0.15) is 0 Å². The SMILES string of the molecule is CN(C(=O)c1ccc(C#N)cc1)c1cccc(C(=O)Nc2c(Br)cc(C(F)(C(F)(F)F)C(F)(F)C(F)(F)F)cc2C(F)(F)F)c1F. The van der Waals surface area contributed by atoms with Crippen molar-refractivity contribution < 1.29 is 66.7 Å². The van der Waals surface area contributed by atoms with Crippen LogP contribution < -0.4 is 10.2 Å². The Balaban J connectivity index is 2.11. The minimum absolute atomic E-state index is 0.0616. The van der Waals surface area contributed by atoms with Crippen molar-refractivity contribution in [2.45, 2.75) is 30.1 Å². The van der Waals surface area contributed by atoms with E-state index in [1.807, 2.05) is 0 Å². The van der Waals surface area contributed by atoms with Gasteiger partial charge in [-0.2, -0.15) is 53.6 Å². The summed E-state index contributed by atoms with van der Waals surface area (Å²) in [5, 5.41) is 10.3. The Hall–Kier alpha value is -4.34. The van der Waals surface area contributed by atoms with Crippen molar-refractivity contribution in [1.82, 2.24) is 0 Å². The van der Waals surface area contributed by atoms with Crippen LogP contribution in [0.25, 0.3) is 0 Å². The molecule has 3 rings (SSSR count). The van der Waals surface area contributed by atoms with Gasteiger partial charge >= 0.3 is 30.1 Å². The van der Waals surface area contributed by atoms with Crippen LogP contribution in [0, 0.1) is 17.1 Å². The second kappa shape index (κ2) is 12.1. The maximum absolute atomic E-state index is 15.4. The average molecular weight is 738 g/mol. The van der Waals surface area contributed by atoms with E-state index >= 15 is 4.39 Å². The summed E-state index contributed by atoms with van der Waals surface area (Å²) < 4.78 is 177. The van der Waals surface area contributed by atoms with Crippen LogP contribution in [0.5, 0.6) is 0 Å². The molecule has 246 valence electrons. The summed E-state index contributed by atoms with van der Waals surface area (Å²) in [5.74, 6) is -11.5. The first-order valence-corrected chi connectivity index (χ1v) is 12.7. The van der Waals surface area contributed by atoms with Crippen LogP contribution in [0.1, 0.15) is 37.4 Å². The van der Waals surface area contributed by atoms with Crippen LogP contribution in [-0.2, 0) is 11.8 Å². The van der Waals surface area contributed by atoms with Gasteiger partial charge in [0.2, 0.25) is 0 Å². The molecule has 0 fully saturated rings. The Morgan fingerprint density at radius 2 is 1.41 bits per heavy atom. The number of alkyl halides is 12. The Kier molecular flexibility index (Phi) is 9.52. The Morgan fingerprint density at radius 3 is 1.89 bits per heavy atom. The first-order valence-electron chi connectivity index (χ1n) is 11.9. The van der Waals surface area contributed by atoms with Gasteiger partial charge in [-0.1, -0.05) is 6.07 Å². The van der Waals surface area contributed by atoms with E-state index in [1.165, 1.54) is 29.6 Å². The van der Waals surface area contributed by atoms with E-state index in [4.69, 9.17) is 5.26 Å². The number of benzene rings is 3. The maximum Gasteiger partial charge on any atom is 0.457 e. The molecule has 5 nitrogen and oxygen atoms in total. The van der Waals surface area contributed by atoms with Crippen molar-refractivity contribution in [1.29, 1.82) is 5.26 Å². The lowest BCUT2D eigenvalue weighted by atomic mass is 9.86. The molecule has 0 radical (unpaired) electrons. The molecule has 19 heteroatoms. The first kappa shape index (κ1) is 36.1. The van der Waals surface area contributed by atoms with Crippen molar-refractivity contribution in [3.05, 3.63) is 92.7 Å². The fourth-order valence-corrected chi connectivity index (χ4v) is 4.56. The Morgan fingerprint density at radius 1 is 0.848 bits per heavy atom. The van der Waals surface area contributed by atoms with E-state index in [0.717, 1.165) is 19.2 Å². The largest absolute Gasteiger partial charge is 0.457 e. The van der Waals surface area contributed by atoms with E-state index in [2.05, 4.69) is 15.9 Å². The third-order valence-electron chi connectivity index (χ3n) is 6.36. The van der Waals surface area contributed by atoms with Crippen molar-refractivity contribution >= 4 is 39.1 Å². The fourth-order valence-electron chi connectivity index (χ4n) is 4.00. The third-order valence-corrected chi connectivity index (χ3v) is 6.99. The zero-order valence-electron chi connectivity index (χ0n) is 22.2. The average Bonchev–Trinajstić information content (AvgIpc) is 2.95. The summed E-state index contributed by atoms with van der Waals surface area (Å²) in [6.07, 6.45) is -20.3. The molecule has 0 aromatic heterocycles. The van der Waals surface area contributed by atoms with Crippen molar-refractivity contribution in [3.63, 3.8) is 0 Å². The zero-order valence-corrected chi connectivity index (χ0v) is 23.8. The molecule has 0 aliphatic rings. The van der Waals surface area contributed by atoms with Crippen LogP contribution in [0.2, 0.25) is 0 Å². The molecular weight excluding hydrogens is 725 g/mol. The van der Waals surface area contributed by atoms with E-state index in [1.54, 1.807) is 6.07 Å². The molecule has 3 aromatic rings. The zero-order chi connectivity index (χ0) is 35.2. The number of rotatable bonds is 6. The highest BCUT2D eigenvalue weighted by Gasteiger charge is 2.82. The van der Waals surface area contributed by atoms with Gasteiger partial charge < -0.3 is 10.2 Å². The summed E-state index contributed by atoms with van der Waals surface area (Å²) >= 11 is 2.24. The monoisotopic (exact) mass is 737 g/mol. The van der Waals surface area contributed by atoms with E-state index < -0.39 is 92.4 Å². The van der Waals surface area contributed by atoms with Gasteiger partial charge in [0, 0.05) is 22.6 Å². The Labute approximate surface area is 257 Å². The standard InChI is InChI=1S/C27H13BrF13N3O2/c1-44(22(46)13-7-5-12(11-42)6-8-13)18-4-2-3-15(19(18)29)21(45)43-20-16(24(31,32)33)9-14(10-17(20)28)23(30,26(36,37)38)25(34,35)27(39,40)41/h2-10H,1H3,(H,43,45).